The van der Waals surface area contributed by atoms with Gasteiger partial charge in [-0.2, -0.15) is 13.2 Å². The van der Waals surface area contributed by atoms with Crippen LogP contribution in [-0.4, -0.2) is 6.18 Å². The Bertz CT molecular complexity index is 578. The average molecular weight is 281 g/mol. The van der Waals surface area contributed by atoms with Gasteiger partial charge >= 0.3 is 6.18 Å². The molecule has 2 nitrogen and oxygen atoms in total. The molecule has 106 valence electrons. The number of hydrogen-bond acceptors (Lipinski definition) is 2. The van der Waals surface area contributed by atoms with Gasteiger partial charge in [-0.15, -0.1) is 0 Å². The van der Waals surface area contributed by atoms with Gasteiger partial charge in [-0.1, -0.05) is 12.1 Å². The molecule has 0 amide bonds. The highest BCUT2D eigenvalue weighted by molar-refractivity contribution is 5.43. The van der Waals surface area contributed by atoms with E-state index in [1.54, 1.807) is 36.4 Å². The second-order valence-corrected chi connectivity index (χ2v) is 4.51. The third kappa shape index (κ3) is 3.44. The minimum atomic E-state index is -4.26. The van der Waals surface area contributed by atoms with Crippen molar-refractivity contribution in [3.63, 3.8) is 0 Å². The maximum absolute atomic E-state index is 12.7. The van der Waals surface area contributed by atoms with Gasteiger partial charge in [0.25, 0.3) is 0 Å². The molecule has 2 rings (SSSR count). The molecule has 2 aromatic carbocycles. The van der Waals surface area contributed by atoms with E-state index >= 15 is 0 Å². The molecule has 0 saturated heterocycles. The highest BCUT2D eigenvalue weighted by atomic mass is 19.4. The summed E-state index contributed by atoms with van der Waals surface area (Å²) in [7, 11) is 0. The summed E-state index contributed by atoms with van der Waals surface area (Å²) >= 11 is 0. The summed E-state index contributed by atoms with van der Waals surface area (Å²) in [6.07, 6.45) is -4.26. The molecule has 0 aliphatic carbocycles. The van der Waals surface area contributed by atoms with Gasteiger partial charge in [-0.25, -0.2) is 0 Å². The van der Waals surface area contributed by atoms with E-state index < -0.39 is 12.1 Å². The first-order valence-electron chi connectivity index (χ1n) is 6.06. The minimum absolute atomic E-state index is 0.172. The van der Waals surface area contributed by atoms with Gasteiger partial charge in [-0.3, -0.25) is 0 Å². The fourth-order valence-electron chi connectivity index (χ4n) is 1.71. The van der Waals surface area contributed by atoms with Gasteiger partial charge in [0.15, 0.2) is 0 Å². The van der Waals surface area contributed by atoms with Crippen molar-refractivity contribution < 1.29 is 17.9 Å². The lowest BCUT2D eigenvalue weighted by Gasteiger charge is -2.16. The molecule has 0 bridgehead atoms. The Morgan fingerprint density at radius 3 is 2.25 bits per heavy atom. The highest BCUT2D eigenvalue weighted by Crippen LogP contribution is 2.36. The second-order valence-electron chi connectivity index (χ2n) is 4.51. The Hall–Kier alpha value is -2.17. The van der Waals surface area contributed by atoms with Crippen LogP contribution in [0.4, 0.5) is 18.9 Å². The van der Waals surface area contributed by atoms with Gasteiger partial charge in [0.05, 0.1) is 5.92 Å². The molecule has 0 heterocycles. The number of rotatable bonds is 3. The number of alkyl halides is 3. The van der Waals surface area contributed by atoms with Crippen LogP contribution in [0.15, 0.2) is 48.5 Å². The van der Waals surface area contributed by atoms with E-state index in [2.05, 4.69) is 0 Å². The number of ether oxygens (including phenoxy) is 1. The minimum Gasteiger partial charge on any atom is -0.457 e. The standard InChI is InChI=1S/C15H14F3NO/c1-10(15(16,17)18)11-3-2-4-14(9-11)20-13-7-5-12(19)6-8-13/h2-10H,19H2,1H3. The third-order valence-electron chi connectivity index (χ3n) is 2.96. The number of benzene rings is 2. The van der Waals surface area contributed by atoms with E-state index in [9.17, 15) is 13.2 Å². The van der Waals surface area contributed by atoms with Crippen molar-refractivity contribution in [2.45, 2.75) is 19.0 Å². The van der Waals surface area contributed by atoms with E-state index in [0.29, 0.717) is 17.2 Å². The number of hydrogen-bond donors (Lipinski definition) is 1. The normalized spacial score (nSPS) is 13.0. The van der Waals surface area contributed by atoms with Crippen LogP contribution in [0.1, 0.15) is 18.4 Å². The largest absolute Gasteiger partial charge is 0.457 e. The first kappa shape index (κ1) is 14.2. The lowest BCUT2D eigenvalue weighted by atomic mass is 10.0. The van der Waals surface area contributed by atoms with E-state index in [-0.39, 0.29) is 5.56 Å². The van der Waals surface area contributed by atoms with E-state index in [0.717, 1.165) is 6.92 Å². The fourth-order valence-corrected chi connectivity index (χ4v) is 1.71. The molecule has 0 saturated carbocycles. The summed E-state index contributed by atoms with van der Waals surface area (Å²) in [5.41, 5.74) is 6.32. The lowest BCUT2D eigenvalue weighted by molar-refractivity contribution is -0.146. The molecule has 0 fully saturated rings. The zero-order valence-electron chi connectivity index (χ0n) is 10.8. The van der Waals surface area contributed by atoms with Crippen LogP contribution < -0.4 is 10.5 Å². The lowest BCUT2D eigenvalue weighted by Crippen LogP contribution is -2.17. The van der Waals surface area contributed by atoms with Crippen LogP contribution in [0.2, 0.25) is 0 Å². The molecule has 0 aliphatic heterocycles. The van der Waals surface area contributed by atoms with Gasteiger partial charge in [0.2, 0.25) is 0 Å². The van der Waals surface area contributed by atoms with E-state index in [4.69, 9.17) is 10.5 Å². The van der Waals surface area contributed by atoms with E-state index in [1.165, 1.54) is 12.1 Å². The zero-order valence-corrected chi connectivity index (χ0v) is 10.8. The first-order valence-corrected chi connectivity index (χ1v) is 6.06. The Balaban J connectivity index is 2.20. The molecule has 1 atom stereocenters. The van der Waals surface area contributed by atoms with Crippen molar-refractivity contribution in [2.75, 3.05) is 5.73 Å². The highest BCUT2D eigenvalue weighted by Gasteiger charge is 2.37. The van der Waals surface area contributed by atoms with Gasteiger partial charge in [-0.05, 0) is 48.9 Å². The fraction of sp³-hybridized carbons (Fsp3) is 0.200. The third-order valence-corrected chi connectivity index (χ3v) is 2.96. The summed E-state index contributed by atoms with van der Waals surface area (Å²) in [6.45, 7) is 1.13. The van der Waals surface area contributed by atoms with Gasteiger partial charge in [0, 0.05) is 5.69 Å². The first-order chi connectivity index (χ1) is 9.36. The van der Waals surface area contributed by atoms with Gasteiger partial charge < -0.3 is 10.5 Å². The predicted octanol–water partition coefficient (Wildman–Crippen LogP) is 4.73. The van der Waals surface area contributed by atoms with Crippen molar-refractivity contribution in [3.05, 3.63) is 54.1 Å². The predicted molar refractivity (Wildman–Crippen MR) is 71.8 cm³/mol. The van der Waals surface area contributed by atoms with Crippen LogP contribution in [-0.2, 0) is 0 Å². The molecule has 5 heteroatoms. The van der Waals surface area contributed by atoms with Crippen molar-refractivity contribution in [3.8, 4) is 11.5 Å². The van der Waals surface area contributed by atoms with Crippen molar-refractivity contribution >= 4 is 5.69 Å². The SMILES string of the molecule is CC(c1cccc(Oc2ccc(N)cc2)c1)C(F)(F)F. The molecule has 0 aliphatic rings. The maximum atomic E-state index is 12.7. The molecule has 1 unspecified atom stereocenters. The maximum Gasteiger partial charge on any atom is 0.395 e. The van der Waals surface area contributed by atoms with Crippen molar-refractivity contribution in [1.29, 1.82) is 0 Å². The molecule has 2 N–H and O–H groups in total. The molecule has 2 aromatic rings. The van der Waals surface area contributed by atoms with Crippen molar-refractivity contribution in [2.24, 2.45) is 0 Å². The number of anilines is 1. The quantitative estimate of drug-likeness (QED) is 0.826. The monoisotopic (exact) mass is 281 g/mol. The second kappa shape index (κ2) is 5.45. The molecule has 0 radical (unpaired) electrons. The number of nitrogen functional groups attached to an aromatic ring is 1. The summed E-state index contributed by atoms with van der Waals surface area (Å²) in [6, 6.07) is 12.6. The molecular formula is C15H14F3NO. The van der Waals surface area contributed by atoms with Crippen LogP contribution in [0, 0.1) is 0 Å². The molecular weight excluding hydrogens is 267 g/mol. The van der Waals surface area contributed by atoms with Crippen LogP contribution in [0.25, 0.3) is 0 Å². The summed E-state index contributed by atoms with van der Waals surface area (Å²) in [5.74, 6) is -0.642. The van der Waals surface area contributed by atoms with Gasteiger partial charge in [0.1, 0.15) is 11.5 Å². The number of halogens is 3. The van der Waals surface area contributed by atoms with Crippen LogP contribution in [0.3, 0.4) is 0 Å². The summed E-state index contributed by atoms with van der Waals surface area (Å²) < 4.78 is 43.6. The average Bonchev–Trinajstić information content (AvgIpc) is 2.40. The van der Waals surface area contributed by atoms with Crippen molar-refractivity contribution in [1.82, 2.24) is 0 Å². The molecule has 0 aromatic heterocycles. The Kier molecular flexibility index (Phi) is 3.88. The van der Waals surface area contributed by atoms with E-state index in [1.807, 2.05) is 0 Å². The Morgan fingerprint density at radius 1 is 1.00 bits per heavy atom. The summed E-state index contributed by atoms with van der Waals surface area (Å²) in [4.78, 5) is 0. The summed E-state index contributed by atoms with van der Waals surface area (Å²) in [5, 5.41) is 0. The topological polar surface area (TPSA) is 35.2 Å². The van der Waals surface area contributed by atoms with Crippen LogP contribution in [0.5, 0.6) is 11.5 Å². The molecule has 20 heavy (non-hydrogen) atoms. The Morgan fingerprint density at radius 2 is 1.65 bits per heavy atom. The smallest absolute Gasteiger partial charge is 0.395 e. The zero-order chi connectivity index (χ0) is 14.8. The van der Waals surface area contributed by atoms with Crippen LogP contribution >= 0.6 is 0 Å². The molecule has 0 spiro atoms. The Labute approximate surface area is 115 Å². The number of nitrogens with two attached hydrogens (primary N) is 1.